The lowest BCUT2D eigenvalue weighted by Crippen LogP contribution is -2.20. The third-order valence-electron chi connectivity index (χ3n) is 3.64. The zero-order valence-electron chi connectivity index (χ0n) is 16.7. The Hall–Kier alpha value is -3.77. The fraction of sp³-hybridized carbons (Fsp3) is 0.250. The lowest BCUT2D eigenvalue weighted by atomic mass is 10.1. The van der Waals surface area contributed by atoms with Crippen LogP contribution in [0, 0.1) is 0 Å². The van der Waals surface area contributed by atoms with Gasteiger partial charge in [0.15, 0.2) is 0 Å². The molecule has 0 aliphatic heterocycles. The summed E-state index contributed by atoms with van der Waals surface area (Å²) in [5.41, 5.74) is -0.784. The Bertz CT molecular complexity index is 1000. The van der Waals surface area contributed by atoms with E-state index in [2.05, 4.69) is 14.8 Å². The fourth-order valence-electron chi connectivity index (χ4n) is 2.42. The van der Waals surface area contributed by atoms with Crippen LogP contribution in [0.2, 0.25) is 0 Å². The topological polar surface area (TPSA) is 90.9 Å². The quantitative estimate of drug-likeness (QED) is 0.325. The van der Waals surface area contributed by atoms with Gasteiger partial charge in [-0.2, -0.15) is 0 Å². The molecule has 0 heterocycles. The molecule has 0 aliphatic rings. The third kappa shape index (κ3) is 9.09. The maximum atomic E-state index is 12.6. The second-order valence-electron chi connectivity index (χ2n) is 6.42. The Morgan fingerprint density at radius 3 is 1.91 bits per heavy atom. The van der Waals surface area contributed by atoms with E-state index in [1.165, 1.54) is 31.2 Å². The van der Waals surface area contributed by atoms with E-state index in [-0.39, 0.29) is 29.9 Å². The van der Waals surface area contributed by atoms with Gasteiger partial charge in [-0.1, -0.05) is 12.1 Å². The molecule has 178 valence electrons. The second-order valence-corrected chi connectivity index (χ2v) is 6.42. The van der Waals surface area contributed by atoms with Gasteiger partial charge in [-0.25, -0.2) is 0 Å². The molecule has 0 saturated carbocycles. The Kier molecular flexibility index (Phi) is 7.90. The molecule has 0 radical (unpaired) electrons. The summed E-state index contributed by atoms with van der Waals surface area (Å²) in [6.45, 7) is 1.27. The lowest BCUT2D eigenvalue weighted by Gasteiger charge is -2.15. The van der Waals surface area contributed by atoms with Crippen LogP contribution in [0.5, 0.6) is 17.2 Å². The van der Waals surface area contributed by atoms with E-state index < -0.39 is 41.8 Å². The number of esters is 1. The minimum Gasteiger partial charge on any atom is -0.426 e. The van der Waals surface area contributed by atoms with Crippen molar-refractivity contribution in [3.8, 4) is 17.2 Å². The van der Waals surface area contributed by atoms with Gasteiger partial charge < -0.3 is 24.3 Å². The summed E-state index contributed by atoms with van der Waals surface area (Å²) in [6, 6.07) is 6.81. The van der Waals surface area contributed by atoms with E-state index in [4.69, 9.17) is 4.74 Å². The number of hydrogen-bond acceptors (Lipinski definition) is 6. The predicted octanol–water partition coefficient (Wildman–Crippen LogP) is 5.01. The number of benzene rings is 2. The van der Waals surface area contributed by atoms with Crippen molar-refractivity contribution < 1.29 is 54.9 Å². The molecule has 1 N–H and O–H groups in total. The molecule has 0 fully saturated rings. The number of carbonyl (C=O) groups is 3. The Balaban J connectivity index is 2.28. The molecule has 2 aromatic carbocycles. The van der Waals surface area contributed by atoms with Crippen molar-refractivity contribution >= 4 is 23.3 Å². The standard InChI is InChI=1S/C20H15F6NO6/c1-11(28)6-7-17(29)31-16-5-3-2-4-15(16)18(30)27-12-8-13(32-19(21,22)23)10-14(9-12)33-20(24,25)26/h2-5,8-10H,6-7H2,1H3,(H,27,30). The maximum Gasteiger partial charge on any atom is 0.573 e. The summed E-state index contributed by atoms with van der Waals surface area (Å²) in [6.07, 6.45) is -10.8. The van der Waals surface area contributed by atoms with Gasteiger partial charge in [-0.3, -0.25) is 9.59 Å². The molecule has 0 saturated heterocycles. The van der Waals surface area contributed by atoms with Gasteiger partial charge in [0.25, 0.3) is 5.91 Å². The van der Waals surface area contributed by atoms with Gasteiger partial charge in [-0.15, -0.1) is 26.3 Å². The van der Waals surface area contributed by atoms with Gasteiger partial charge in [-0.05, 0) is 19.1 Å². The highest BCUT2D eigenvalue weighted by Crippen LogP contribution is 2.33. The van der Waals surface area contributed by atoms with Crippen LogP contribution in [0.15, 0.2) is 42.5 Å². The van der Waals surface area contributed by atoms with Gasteiger partial charge in [0, 0.05) is 30.3 Å². The molecule has 2 aromatic rings. The van der Waals surface area contributed by atoms with Crippen LogP contribution >= 0.6 is 0 Å². The number of alkyl halides is 6. The second kappa shape index (κ2) is 10.2. The monoisotopic (exact) mass is 479 g/mol. The number of hydrogen-bond donors (Lipinski definition) is 1. The molecule has 33 heavy (non-hydrogen) atoms. The van der Waals surface area contributed by atoms with Crippen molar-refractivity contribution in [3.05, 3.63) is 48.0 Å². The molecule has 0 spiro atoms. The minimum absolute atomic E-state index is 0.0961. The number of ketones is 1. The van der Waals surface area contributed by atoms with E-state index in [0.717, 1.165) is 0 Å². The Morgan fingerprint density at radius 1 is 0.848 bits per heavy atom. The molecule has 0 bridgehead atoms. The van der Waals surface area contributed by atoms with Crippen LogP contribution in [0.1, 0.15) is 30.1 Å². The zero-order valence-corrected chi connectivity index (χ0v) is 16.7. The highest BCUT2D eigenvalue weighted by Gasteiger charge is 2.34. The SMILES string of the molecule is CC(=O)CCC(=O)Oc1ccccc1C(=O)Nc1cc(OC(F)(F)F)cc(OC(F)(F)F)c1. The van der Waals surface area contributed by atoms with Gasteiger partial charge in [0.2, 0.25) is 0 Å². The average molecular weight is 479 g/mol. The summed E-state index contributed by atoms with van der Waals surface area (Å²) in [7, 11) is 0. The molecule has 13 heteroatoms. The van der Waals surface area contributed by atoms with Crippen LogP contribution < -0.4 is 19.5 Å². The largest absolute Gasteiger partial charge is 0.573 e. The van der Waals surface area contributed by atoms with Crippen LogP contribution in [-0.4, -0.2) is 30.4 Å². The average Bonchev–Trinajstić information content (AvgIpc) is 2.63. The van der Waals surface area contributed by atoms with Crippen molar-refractivity contribution in [2.24, 2.45) is 0 Å². The molecule has 0 unspecified atom stereocenters. The molecule has 7 nitrogen and oxygen atoms in total. The number of para-hydroxylation sites is 1. The van der Waals surface area contributed by atoms with Crippen molar-refractivity contribution in [3.63, 3.8) is 0 Å². The van der Waals surface area contributed by atoms with Crippen molar-refractivity contribution in [1.82, 2.24) is 0 Å². The van der Waals surface area contributed by atoms with Crippen molar-refractivity contribution in [2.75, 3.05) is 5.32 Å². The van der Waals surface area contributed by atoms with Crippen LogP contribution in [0.3, 0.4) is 0 Å². The summed E-state index contributed by atoms with van der Waals surface area (Å²) in [4.78, 5) is 35.4. The van der Waals surface area contributed by atoms with Crippen molar-refractivity contribution in [2.45, 2.75) is 32.5 Å². The Morgan fingerprint density at radius 2 is 1.39 bits per heavy atom. The molecular formula is C20H15F6NO6. The number of amides is 1. The van der Waals surface area contributed by atoms with E-state index in [1.807, 2.05) is 0 Å². The summed E-state index contributed by atoms with van der Waals surface area (Å²) < 4.78 is 87.3. The predicted molar refractivity (Wildman–Crippen MR) is 99.8 cm³/mol. The summed E-state index contributed by atoms with van der Waals surface area (Å²) >= 11 is 0. The maximum absolute atomic E-state index is 12.6. The summed E-state index contributed by atoms with van der Waals surface area (Å²) in [5, 5.41) is 2.10. The third-order valence-corrected chi connectivity index (χ3v) is 3.64. The highest BCUT2D eigenvalue weighted by molar-refractivity contribution is 6.06. The molecule has 0 atom stereocenters. The van der Waals surface area contributed by atoms with Gasteiger partial charge in [0.05, 0.1) is 12.0 Å². The number of Topliss-reactive ketones (excluding diaryl/α,β-unsaturated/α-hetero) is 1. The number of ether oxygens (including phenoxy) is 3. The first-order valence-corrected chi connectivity index (χ1v) is 8.99. The normalized spacial score (nSPS) is 11.5. The fourth-order valence-corrected chi connectivity index (χ4v) is 2.42. The first-order valence-electron chi connectivity index (χ1n) is 8.99. The van der Waals surface area contributed by atoms with E-state index >= 15 is 0 Å². The molecule has 0 aromatic heterocycles. The van der Waals surface area contributed by atoms with Crippen LogP contribution in [-0.2, 0) is 9.59 Å². The van der Waals surface area contributed by atoms with E-state index in [0.29, 0.717) is 18.2 Å². The Labute approximate surface area is 182 Å². The van der Waals surface area contributed by atoms with E-state index in [1.54, 1.807) is 0 Å². The molecule has 2 rings (SSSR count). The summed E-state index contributed by atoms with van der Waals surface area (Å²) in [5.74, 6) is -4.51. The number of rotatable bonds is 8. The van der Waals surface area contributed by atoms with Gasteiger partial charge >= 0.3 is 18.7 Å². The minimum atomic E-state index is -5.22. The van der Waals surface area contributed by atoms with Crippen molar-refractivity contribution in [1.29, 1.82) is 0 Å². The number of anilines is 1. The first-order chi connectivity index (χ1) is 15.2. The number of nitrogens with one attached hydrogen (secondary N) is 1. The molecule has 1 amide bonds. The van der Waals surface area contributed by atoms with E-state index in [9.17, 15) is 40.7 Å². The smallest absolute Gasteiger partial charge is 0.426 e. The van der Waals surface area contributed by atoms with Crippen LogP contribution in [0.4, 0.5) is 32.0 Å². The lowest BCUT2D eigenvalue weighted by molar-refractivity contribution is -0.276. The molecule has 0 aliphatic carbocycles. The number of carbonyl (C=O) groups excluding carboxylic acids is 3. The highest BCUT2D eigenvalue weighted by atomic mass is 19.4. The first kappa shape index (κ1) is 25.5. The van der Waals surface area contributed by atoms with Gasteiger partial charge in [0.1, 0.15) is 23.0 Å². The molecular weight excluding hydrogens is 464 g/mol. The van der Waals surface area contributed by atoms with Crippen LogP contribution in [0.25, 0.3) is 0 Å². The number of halogens is 6. The zero-order chi connectivity index (χ0) is 24.8.